The zero-order valence-corrected chi connectivity index (χ0v) is 27.0. The number of hydrogen-bond acceptors (Lipinski definition) is 2. The summed E-state index contributed by atoms with van der Waals surface area (Å²) in [5.41, 5.74) is 13.2. The summed E-state index contributed by atoms with van der Waals surface area (Å²) in [5, 5.41) is 2.05. The number of furan rings is 1. The fourth-order valence-corrected chi connectivity index (χ4v) is 7.41. The van der Waals surface area contributed by atoms with Crippen molar-refractivity contribution >= 4 is 56.1 Å². The lowest BCUT2D eigenvalue weighted by Crippen LogP contribution is -2.46. The van der Waals surface area contributed by atoms with Gasteiger partial charge in [-0.3, -0.25) is 0 Å². The molecule has 1 aliphatic rings. The van der Waals surface area contributed by atoms with Crippen LogP contribution in [-0.4, -0.2) is 5.71 Å². The van der Waals surface area contributed by atoms with Crippen LogP contribution in [0.25, 0.3) is 33.1 Å². The van der Waals surface area contributed by atoms with Crippen LogP contribution in [0, 0.1) is 0 Å². The third-order valence-corrected chi connectivity index (χ3v) is 9.86. The SMILES string of the molecule is N[N+](c1ccccc1)(c1ccc(-c2ccccc2)cc1)c1cccc2oc3ccc([N+]4=C(CCc5ccccc5)c5ccccc54)cc3c12. The molecule has 0 saturated carbocycles. The van der Waals surface area contributed by atoms with E-state index in [4.69, 9.17) is 10.3 Å². The molecular weight excluding hydrogens is 599 g/mol. The Labute approximate surface area is 285 Å². The third-order valence-electron chi connectivity index (χ3n) is 9.86. The zero-order chi connectivity index (χ0) is 32.8. The largest absolute Gasteiger partial charge is 0.456 e. The molecule has 0 radical (unpaired) electrons. The Morgan fingerprint density at radius 3 is 1.96 bits per heavy atom. The Morgan fingerprint density at radius 1 is 0.531 bits per heavy atom. The lowest BCUT2D eigenvalue weighted by molar-refractivity contribution is 0.552. The van der Waals surface area contributed by atoms with Gasteiger partial charge in [0, 0.05) is 60.3 Å². The lowest BCUT2D eigenvalue weighted by atomic mass is 9.93. The molecule has 7 aromatic carbocycles. The number of aryl methyl sites for hydroxylation is 1. The molecule has 0 fully saturated rings. The summed E-state index contributed by atoms with van der Waals surface area (Å²) in [6.45, 7) is 0. The molecule has 8 aromatic rings. The van der Waals surface area contributed by atoms with Crippen LogP contribution < -0.4 is 15.0 Å². The minimum Gasteiger partial charge on any atom is -0.456 e. The summed E-state index contributed by atoms with van der Waals surface area (Å²) < 4.78 is 8.93. The fraction of sp³-hybridized carbons (Fsp3) is 0.0444. The highest BCUT2D eigenvalue weighted by molar-refractivity contribution is 6.16. The number of benzene rings is 7. The molecular formula is C45H35N3O+2. The minimum absolute atomic E-state index is 0.00684. The van der Waals surface area contributed by atoms with Gasteiger partial charge in [0.15, 0.2) is 17.1 Å². The van der Waals surface area contributed by atoms with E-state index in [9.17, 15) is 0 Å². The van der Waals surface area contributed by atoms with Gasteiger partial charge in [-0.05, 0) is 53.4 Å². The van der Waals surface area contributed by atoms with Crippen molar-refractivity contribution in [1.82, 2.24) is 9.17 Å². The summed E-state index contributed by atoms with van der Waals surface area (Å²) in [4.78, 5) is 0. The van der Waals surface area contributed by atoms with E-state index in [0.29, 0.717) is 0 Å². The Morgan fingerprint density at radius 2 is 1.18 bits per heavy atom. The molecule has 0 spiro atoms. The average molecular weight is 634 g/mol. The van der Waals surface area contributed by atoms with Crippen LogP contribution in [0.2, 0.25) is 0 Å². The topological polar surface area (TPSA) is 42.2 Å². The normalized spacial score (nSPS) is 13.7. The molecule has 9 rings (SSSR count). The van der Waals surface area contributed by atoms with E-state index in [2.05, 4.69) is 144 Å². The summed E-state index contributed by atoms with van der Waals surface area (Å²) >= 11 is 0. The lowest BCUT2D eigenvalue weighted by Gasteiger charge is -2.32. The van der Waals surface area contributed by atoms with Crippen molar-refractivity contribution in [2.24, 2.45) is 5.84 Å². The molecule has 2 heterocycles. The summed E-state index contributed by atoms with van der Waals surface area (Å²) in [6, 6.07) is 61.6. The number of rotatable bonds is 8. The van der Waals surface area contributed by atoms with Crippen molar-refractivity contribution in [3.63, 3.8) is 0 Å². The van der Waals surface area contributed by atoms with E-state index >= 15 is 0 Å². The van der Waals surface area contributed by atoms with Gasteiger partial charge in [0.1, 0.15) is 16.7 Å². The predicted molar refractivity (Wildman–Crippen MR) is 204 cm³/mol. The first-order valence-corrected chi connectivity index (χ1v) is 16.8. The van der Waals surface area contributed by atoms with Crippen LogP contribution in [0.4, 0.5) is 28.4 Å². The van der Waals surface area contributed by atoms with Crippen LogP contribution in [0.3, 0.4) is 0 Å². The highest BCUT2D eigenvalue weighted by Crippen LogP contribution is 2.47. The second-order valence-electron chi connectivity index (χ2n) is 12.7. The quantitative estimate of drug-likeness (QED) is 0.0783. The first kappa shape index (κ1) is 29.1. The predicted octanol–water partition coefficient (Wildman–Crippen LogP) is 11.4. The molecule has 0 bridgehead atoms. The van der Waals surface area contributed by atoms with Crippen LogP contribution in [0.1, 0.15) is 17.5 Å². The highest BCUT2D eigenvalue weighted by Gasteiger charge is 2.39. The Hall–Kier alpha value is -6.07. The minimum atomic E-state index is -0.00684. The molecule has 4 heteroatoms. The fourth-order valence-electron chi connectivity index (χ4n) is 7.41. The molecule has 4 nitrogen and oxygen atoms in total. The Bertz CT molecular complexity index is 2480. The summed E-state index contributed by atoms with van der Waals surface area (Å²) in [5.74, 6) is 7.66. The van der Waals surface area contributed by atoms with Crippen molar-refractivity contribution in [3.05, 3.63) is 187 Å². The average Bonchev–Trinajstić information content (AvgIpc) is 3.54. The first-order chi connectivity index (χ1) is 24.2. The van der Waals surface area contributed by atoms with Gasteiger partial charge in [-0.25, -0.2) is 0 Å². The van der Waals surface area contributed by atoms with Gasteiger partial charge in [-0.2, -0.15) is 15.0 Å². The maximum Gasteiger partial charge on any atom is 0.225 e. The Balaban J connectivity index is 1.21. The van der Waals surface area contributed by atoms with Gasteiger partial charge < -0.3 is 4.42 Å². The number of quaternary nitrogens is 1. The molecule has 2 N–H and O–H groups in total. The van der Waals surface area contributed by atoms with E-state index < -0.39 is 0 Å². The molecule has 0 saturated heterocycles. The van der Waals surface area contributed by atoms with E-state index in [-0.39, 0.29) is 4.59 Å². The number of nitrogens with two attached hydrogens (primary N) is 1. The molecule has 1 aliphatic heterocycles. The van der Waals surface area contributed by atoms with Crippen LogP contribution in [0.5, 0.6) is 0 Å². The van der Waals surface area contributed by atoms with Crippen LogP contribution in [0.15, 0.2) is 180 Å². The number of para-hydroxylation sites is 2. The van der Waals surface area contributed by atoms with Crippen molar-refractivity contribution in [2.75, 3.05) is 0 Å². The Kier molecular flexibility index (Phi) is 7.05. The van der Waals surface area contributed by atoms with Gasteiger partial charge in [0.05, 0.1) is 5.39 Å². The second-order valence-corrected chi connectivity index (χ2v) is 12.7. The number of hydrogen-bond donors (Lipinski definition) is 1. The van der Waals surface area contributed by atoms with Crippen molar-refractivity contribution < 1.29 is 4.42 Å². The van der Waals surface area contributed by atoms with Gasteiger partial charge in [-0.15, -0.1) is 0 Å². The van der Waals surface area contributed by atoms with Gasteiger partial charge in [0.2, 0.25) is 17.1 Å². The molecule has 0 amide bonds. The first-order valence-electron chi connectivity index (χ1n) is 16.8. The summed E-state index contributed by atoms with van der Waals surface area (Å²) in [6.07, 6.45) is 1.93. The number of nitrogens with zero attached hydrogens (tertiary/aromatic N) is 2. The maximum atomic E-state index is 7.66. The van der Waals surface area contributed by atoms with Gasteiger partial charge in [0.25, 0.3) is 0 Å². The highest BCUT2D eigenvalue weighted by atomic mass is 16.3. The zero-order valence-electron chi connectivity index (χ0n) is 27.0. The molecule has 1 aromatic heterocycles. The van der Waals surface area contributed by atoms with E-state index in [1.54, 1.807) is 0 Å². The van der Waals surface area contributed by atoms with E-state index in [1.165, 1.54) is 28.1 Å². The van der Waals surface area contributed by atoms with Gasteiger partial charge in [-0.1, -0.05) is 97.1 Å². The molecule has 234 valence electrons. The van der Waals surface area contributed by atoms with E-state index in [1.807, 2.05) is 36.4 Å². The van der Waals surface area contributed by atoms with Gasteiger partial charge >= 0.3 is 0 Å². The second kappa shape index (κ2) is 11.9. The maximum absolute atomic E-state index is 7.66. The van der Waals surface area contributed by atoms with Crippen LogP contribution in [-0.2, 0) is 6.42 Å². The van der Waals surface area contributed by atoms with Crippen molar-refractivity contribution in [1.29, 1.82) is 0 Å². The monoisotopic (exact) mass is 633 g/mol. The smallest absolute Gasteiger partial charge is 0.225 e. The van der Waals surface area contributed by atoms with Crippen LogP contribution >= 0.6 is 0 Å². The molecule has 1 atom stereocenters. The standard InChI is InChI=1S/C45H35N3O/c46-48(36-17-8-3-9-18-36,37-27-24-34(25-28-37)33-15-6-2-7-16-33)42-21-12-22-44-45(42)39-31-35(26-30-43(39)49-44)47-40-20-11-10-19-38(40)41(47)29-23-32-13-4-1-5-14-32/h1-22,24-28,30-31H,23,29,46H2/q+2. The van der Waals surface area contributed by atoms with Crippen molar-refractivity contribution in [3.8, 4) is 11.1 Å². The van der Waals surface area contributed by atoms with Crippen molar-refractivity contribution in [2.45, 2.75) is 12.8 Å². The number of fused-ring (bicyclic) bond motifs is 4. The molecule has 0 aliphatic carbocycles. The molecule has 1 unspecified atom stereocenters. The third kappa shape index (κ3) is 4.89. The molecule has 49 heavy (non-hydrogen) atoms. The van der Waals surface area contributed by atoms with E-state index in [0.717, 1.165) is 63.1 Å². The summed E-state index contributed by atoms with van der Waals surface area (Å²) in [7, 11) is 0.